The van der Waals surface area contributed by atoms with Gasteiger partial charge in [0.15, 0.2) is 5.82 Å². The molecule has 0 aliphatic heterocycles. The molecule has 1 amide bonds. The number of nitrogens with one attached hydrogen (secondary N) is 3. The highest BCUT2D eigenvalue weighted by molar-refractivity contribution is 5.79. The molecule has 34 heavy (non-hydrogen) atoms. The molecule has 0 atom stereocenters. The molecule has 3 heterocycles. The largest absolute Gasteiger partial charge is 0.364 e. The number of aryl methyl sites for hydroxylation is 1. The zero-order chi connectivity index (χ0) is 23.5. The Kier molecular flexibility index (Phi) is 6.62. The van der Waals surface area contributed by atoms with E-state index in [2.05, 4.69) is 30.5 Å². The Morgan fingerprint density at radius 1 is 1.18 bits per heavy atom. The number of pyridine rings is 1. The molecular weight excluding hydrogens is 430 g/mol. The van der Waals surface area contributed by atoms with Crippen LogP contribution in [0, 0.1) is 18.8 Å². The van der Waals surface area contributed by atoms with E-state index in [9.17, 15) is 9.59 Å². The summed E-state index contributed by atoms with van der Waals surface area (Å²) in [6.07, 6.45) is 10.6. The minimum Gasteiger partial charge on any atom is -0.364 e. The summed E-state index contributed by atoms with van der Waals surface area (Å²) in [6, 6.07) is 3.90. The number of amides is 1. The third-order valence-electron chi connectivity index (χ3n) is 6.66. The highest BCUT2D eigenvalue weighted by Gasteiger charge is 2.28. The summed E-state index contributed by atoms with van der Waals surface area (Å²) in [6.45, 7) is 5.95. The first kappa shape index (κ1) is 22.6. The zero-order valence-electron chi connectivity index (χ0n) is 19.7. The fraction of sp³-hybridized carbons (Fsp3) is 0.520. The van der Waals surface area contributed by atoms with Crippen LogP contribution in [0.15, 0.2) is 35.5 Å². The number of anilines is 1. The quantitative estimate of drug-likeness (QED) is 0.380. The van der Waals surface area contributed by atoms with Gasteiger partial charge in [-0.15, -0.1) is 0 Å². The SMILES string of the molecule is Cc1cnc(NCCN(CC2CC2)CC2CC2)c(=O)n1CC(=O)NCc1cc2cc[nH]c2cn1. The molecular formula is C25H33N7O2. The molecule has 2 aliphatic carbocycles. The second kappa shape index (κ2) is 9.97. The Labute approximate surface area is 199 Å². The van der Waals surface area contributed by atoms with Gasteiger partial charge in [-0.25, -0.2) is 4.98 Å². The number of carbonyl (C=O) groups excluding carboxylic acids is 1. The van der Waals surface area contributed by atoms with Crippen molar-refractivity contribution in [2.75, 3.05) is 31.5 Å². The van der Waals surface area contributed by atoms with Gasteiger partial charge >= 0.3 is 0 Å². The maximum absolute atomic E-state index is 13.0. The van der Waals surface area contributed by atoms with Crippen molar-refractivity contribution < 1.29 is 4.79 Å². The first-order valence-electron chi connectivity index (χ1n) is 12.3. The lowest BCUT2D eigenvalue weighted by molar-refractivity contribution is -0.121. The molecule has 180 valence electrons. The van der Waals surface area contributed by atoms with Crippen LogP contribution in [0.5, 0.6) is 0 Å². The Morgan fingerprint density at radius 3 is 2.68 bits per heavy atom. The summed E-state index contributed by atoms with van der Waals surface area (Å²) in [7, 11) is 0. The first-order chi connectivity index (χ1) is 16.5. The smallest absolute Gasteiger partial charge is 0.293 e. The molecule has 3 aromatic rings. The molecule has 0 radical (unpaired) electrons. The molecule has 0 unspecified atom stereocenters. The molecule has 2 saturated carbocycles. The van der Waals surface area contributed by atoms with Gasteiger partial charge in [0.1, 0.15) is 6.54 Å². The molecule has 0 saturated heterocycles. The third-order valence-corrected chi connectivity index (χ3v) is 6.66. The Bertz CT molecular complexity index is 1200. The maximum Gasteiger partial charge on any atom is 0.293 e. The van der Waals surface area contributed by atoms with Gasteiger partial charge in [-0.3, -0.25) is 19.1 Å². The molecule has 9 nitrogen and oxygen atoms in total. The monoisotopic (exact) mass is 463 g/mol. The number of H-pyrrole nitrogens is 1. The van der Waals surface area contributed by atoms with E-state index in [4.69, 9.17) is 0 Å². The summed E-state index contributed by atoms with van der Waals surface area (Å²) in [4.78, 5) is 39.9. The van der Waals surface area contributed by atoms with Gasteiger partial charge in [0.05, 0.1) is 24.0 Å². The van der Waals surface area contributed by atoms with Gasteiger partial charge in [-0.2, -0.15) is 0 Å². The van der Waals surface area contributed by atoms with E-state index in [-0.39, 0.29) is 18.0 Å². The van der Waals surface area contributed by atoms with Crippen LogP contribution in [0.1, 0.15) is 37.1 Å². The number of rotatable bonds is 12. The fourth-order valence-electron chi connectivity index (χ4n) is 4.29. The van der Waals surface area contributed by atoms with E-state index in [1.807, 2.05) is 18.3 Å². The standard InChI is InChI=1S/C25H33N7O2/c1-17-11-30-24(27-8-9-31(14-18-2-3-18)15-19-4-5-19)25(34)32(17)16-23(33)29-12-21-10-20-6-7-26-22(20)13-28-21/h6-7,10-11,13,18-19,26H,2-5,8-9,12,14-16H2,1H3,(H,27,30)(H,29,33). The number of nitrogens with zero attached hydrogens (tertiary/aromatic N) is 4. The van der Waals surface area contributed by atoms with Crippen LogP contribution in [-0.2, 0) is 17.9 Å². The fourth-order valence-corrected chi connectivity index (χ4v) is 4.29. The summed E-state index contributed by atoms with van der Waals surface area (Å²) in [5.74, 6) is 1.77. The van der Waals surface area contributed by atoms with Crippen molar-refractivity contribution in [3.63, 3.8) is 0 Å². The molecule has 0 aromatic carbocycles. The average molecular weight is 464 g/mol. The molecule has 0 bridgehead atoms. The highest BCUT2D eigenvalue weighted by atomic mass is 16.2. The number of aromatic nitrogens is 4. The third kappa shape index (κ3) is 5.83. The van der Waals surface area contributed by atoms with Gasteiger partial charge in [-0.1, -0.05) is 0 Å². The number of fused-ring (bicyclic) bond motifs is 1. The van der Waals surface area contributed by atoms with Crippen LogP contribution < -0.4 is 16.2 Å². The topological polar surface area (TPSA) is 108 Å². The van der Waals surface area contributed by atoms with Crippen molar-refractivity contribution in [2.45, 2.75) is 45.7 Å². The Hall–Kier alpha value is -3.20. The second-order valence-corrected chi connectivity index (χ2v) is 9.73. The molecule has 2 aliphatic rings. The average Bonchev–Trinajstić information content (AvgIpc) is 3.76. The van der Waals surface area contributed by atoms with Gasteiger partial charge < -0.3 is 20.5 Å². The van der Waals surface area contributed by atoms with Crippen molar-refractivity contribution in [3.05, 3.63) is 52.5 Å². The predicted octanol–water partition coefficient (Wildman–Crippen LogP) is 2.28. The van der Waals surface area contributed by atoms with E-state index in [0.717, 1.165) is 48.1 Å². The molecule has 3 aromatic heterocycles. The van der Waals surface area contributed by atoms with Crippen LogP contribution in [0.3, 0.4) is 0 Å². The number of hydrogen-bond donors (Lipinski definition) is 3. The van der Waals surface area contributed by atoms with E-state index < -0.39 is 0 Å². The summed E-state index contributed by atoms with van der Waals surface area (Å²) >= 11 is 0. The second-order valence-electron chi connectivity index (χ2n) is 9.73. The number of carbonyl (C=O) groups is 1. The van der Waals surface area contributed by atoms with Crippen molar-refractivity contribution in [2.24, 2.45) is 11.8 Å². The molecule has 5 rings (SSSR count). The van der Waals surface area contributed by atoms with Crippen molar-refractivity contribution in [1.29, 1.82) is 0 Å². The number of hydrogen-bond acceptors (Lipinski definition) is 6. The van der Waals surface area contributed by atoms with Gasteiger partial charge in [0, 0.05) is 49.7 Å². The van der Waals surface area contributed by atoms with Crippen molar-refractivity contribution in [1.82, 2.24) is 29.7 Å². The van der Waals surface area contributed by atoms with Gasteiger partial charge in [0.25, 0.3) is 5.56 Å². The lowest BCUT2D eigenvalue weighted by Gasteiger charge is -2.22. The van der Waals surface area contributed by atoms with Crippen LogP contribution in [0.4, 0.5) is 5.82 Å². The van der Waals surface area contributed by atoms with Gasteiger partial charge in [0.2, 0.25) is 5.91 Å². The molecule has 9 heteroatoms. The molecule has 0 spiro atoms. The normalized spacial score (nSPS) is 15.7. The summed E-state index contributed by atoms with van der Waals surface area (Å²) < 4.78 is 1.47. The number of aromatic amines is 1. The Balaban J connectivity index is 1.15. The predicted molar refractivity (Wildman–Crippen MR) is 132 cm³/mol. The van der Waals surface area contributed by atoms with Crippen molar-refractivity contribution >= 4 is 22.6 Å². The molecule has 3 N–H and O–H groups in total. The Morgan fingerprint density at radius 2 is 1.94 bits per heavy atom. The summed E-state index contributed by atoms with van der Waals surface area (Å²) in [5.41, 5.74) is 2.11. The van der Waals surface area contributed by atoms with Crippen LogP contribution in [-0.4, -0.2) is 56.5 Å². The van der Waals surface area contributed by atoms with E-state index in [1.54, 1.807) is 19.3 Å². The lowest BCUT2D eigenvalue weighted by Crippen LogP contribution is -2.36. The maximum atomic E-state index is 13.0. The van der Waals surface area contributed by atoms with Crippen LogP contribution in [0.25, 0.3) is 10.9 Å². The van der Waals surface area contributed by atoms with Gasteiger partial charge in [-0.05, 0) is 56.6 Å². The van der Waals surface area contributed by atoms with E-state index >= 15 is 0 Å². The van der Waals surface area contributed by atoms with E-state index in [1.165, 1.54) is 30.3 Å². The van der Waals surface area contributed by atoms with Crippen LogP contribution >= 0.6 is 0 Å². The molecule has 2 fully saturated rings. The van der Waals surface area contributed by atoms with E-state index in [0.29, 0.717) is 24.6 Å². The highest BCUT2D eigenvalue weighted by Crippen LogP contribution is 2.33. The van der Waals surface area contributed by atoms with Crippen LogP contribution in [0.2, 0.25) is 0 Å². The lowest BCUT2D eigenvalue weighted by atomic mass is 10.2. The zero-order valence-corrected chi connectivity index (χ0v) is 19.7. The first-order valence-corrected chi connectivity index (χ1v) is 12.3. The summed E-state index contributed by atoms with van der Waals surface area (Å²) in [5, 5.41) is 7.12. The minimum atomic E-state index is -0.266. The minimum absolute atomic E-state index is 0.0518. The van der Waals surface area contributed by atoms with Crippen molar-refractivity contribution in [3.8, 4) is 0 Å².